The molecule has 3 N–H and O–H groups in total. The zero-order valence-electron chi connectivity index (χ0n) is 36.6. The van der Waals surface area contributed by atoms with Gasteiger partial charge in [-0.3, -0.25) is 0 Å². The average molecular weight is 990 g/mol. The first-order valence-corrected chi connectivity index (χ1v) is 28.7. The third kappa shape index (κ3) is 12.3. The van der Waals surface area contributed by atoms with Gasteiger partial charge in [0.15, 0.2) is 0 Å². The topological polar surface area (TPSA) is 60.7 Å². The van der Waals surface area contributed by atoms with Crippen molar-refractivity contribution in [3.8, 4) is 0 Å². The summed E-state index contributed by atoms with van der Waals surface area (Å²) in [5, 5.41) is 9.10. The molecular formula is C59H53MoO3Si3-. The average Bonchev–Trinajstić information content (AvgIpc) is 3.42. The van der Waals surface area contributed by atoms with Crippen LogP contribution in [0.15, 0.2) is 291 Å². The van der Waals surface area contributed by atoms with Gasteiger partial charge in [-0.1, -0.05) is 273 Å². The summed E-state index contributed by atoms with van der Waals surface area (Å²) in [6, 6.07) is 89.9. The van der Waals surface area contributed by atoms with Crippen LogP contribution in [0.4, 0.5) is 0 Å². The maximum atomic E-state index is 11.6. The van der Waals surface area contributed by atoms with Crippen molar-refractivity contribution in [1.29, 1.82) is 0 Å². The van der Waals surface area contributed by atoms with Crippen molar-refractivity contribution in [2.24, 2.45) is 0 Å². The monoisotopic (exact) mass is 991 g/mol. The zero-order valence-corrected chi connectivity index (χ0v) is 41.6. The van der Waals surface area contributed by atoms with Crippen LogP contribution in [0.5, 0.6) is 0 Å². The number of benzene rings is 9. The SMILES string of the molecule is O[Si](c1ccccc1)(c1ccccc1)c1ccccc1.O[Si](c1ccccc1)(c1ccccc1)c1ccccc1.O[Si](c1ccccc1)(c1ccccc1)c1ccccc1.[CH-]=C/C=C\[CH]=[Mo]. The molecule has 9 rings (SSSR count). The minimum atomic E-state index is -2.88. The maximum absolute atomic E-state index is 11.6. The van der Waals surface area contributed by atoms with Crippen molar-refractivity contribution in [3.05, 3.63) is 298 Å². The van der Waals surface area contributed by atoms with Gasteiger partial charge in [-0.05, 0) is 46.7 Å². The summed E-state index contributed by atoms with van der Waals surface area (Å²) in [5.41, 5.74) is 0. The molecule has 9 aromatic rings. The molecule has 0 atom stereocenters. The van der Waals surface area contributed by atoms with Crippen molar-refractivity contribution in [2.45, 2.75) is 0 Å². The van der Waals surface area contributed by atoms with E-state index in [0.29, 0.717) is 0 Å². The Labute approximate surface area is 404 Å². The number of allylic oxidation sites excluding steroid dienone is 3. The Bertz CT molecular complexity index is 2190. The Morgan fingerprint density at radius 1 is 0.258 bits per heavy atom. The fourth-order valence-electron chi connectivity index (χ4n) is 7.72. The molecule has 326 valence electrons. The quantitative estimate of drug-likeness (QED) is 0.0664. The van der Waals surface area contributed by atoms with Gasteiger partial charge in [0, 0.05) is 0 Å². The van der Waals surface area contributed by atoms with Crippen LogP contribution in [-0.4, -0.2) is 43.7 Å². The summed E-state index contributed by atoms with van der Waals surface area (Å²) in [6.07, 6.45) is 5.16. The van der Waals surface area contributed by atoms with Gasteiger partial charge in [-0.25, -0.2) is 0 Å². The fourth-order valence-corrected chi connectivity index (χ4v) is 17.0. The van der Waals surface area contributed by atoms with E-state index in [0.717, 1.165) is 46.7 Å². The molecular weight excluding hydrogens is 937 g/mol. The normalized spacial score (nSPS) is 11.0. The molecule has 0 heterocycles. The third-order valence-corrected chi connectivity index (χ3v) is 21.9. The van der Waals surface area contributed by atoms with E-state index in [4.69, 9.17) is 6.58 Å². The molecule has 0 bridgehead atoms. The molecule has 0 saturated carbocycles. The van der Waals surface area contributed by atoms with Crippen LogP contribution in [0.25, 0.3) is 0 Å². The Balaban J connectivity index is 0.000000154. The molecule has 0 aliphatic heterocycles. The first-order valence-electron chi connectivity index (χ1n) is 21.7. The van der Waals surface area contributed by atoms with E-state index in [1.54, 1.807) is 6.08 Å². The number of rotatable bonds is 11. The summed E-state index contributed by atoms with van der Waals surface area (Å²) < 4.78 is 1.93. The molecule has 0 radical (unpaired) electrons. The second-order valence-electron chi connectivity index (χ2n) is 15.1. The van der Waals surface area contributed by atoms with Crippen molar-refractivity contribution >= 4 is 76.0 Å². The van der Waals surface area contributed by atoms with Crippen LogP contribution in [0.1, 0.15) is 0 Å². The van der Waals surface area contributed by atoms with Crippen LogP contribution in [0, 0.1) is 6.58 Å². The Kier molecular flexibility index (Phi) is 18.8. The summed E-state index contributed by atoms with van der Waals surface area (Å²) in [4.78, 5) is 34.7. The van der Waals surface area contributed by atoms with Crippen LogP contribution in [-0.2, 0) is 19.4 Å². The number of hydrogen-bond donors (Lipinski definition) is 3. The van der Waals surface area contributed by atoms with Crippen LogP contribution in [0.3, 0.4) is 0 Å². The van der Waals surface area contributed by atoms with Crippen molar-refractivity contribution < 1.29 is 33.7 Å². The molecule has 0 spiro atoms. The first kappa shape index (κ1) is 49.0. The first-order chi connectivity index (χ1) is 32.4. The second kappa shape index (κ2) is 25.3. The van der Waals surface area contributed by atoms with Gasteiger partial charge in [0.05, 0.1) is 0 Å². The standard InChI is InChI=1S/3C18H16OSi.C5H5.Mo/c3*19-20(16-10-4-1-5-11-16,17-12-6-2-7-13-17)18-14-8-3-9-15-18;1-3-5-4-2;/h3*1-15,19H;1-5H;/q;;;-1;/b;;;5-3-;. The third-order valence-electron chi connectivity index (χ3n) is 11.0. The van der Waals surface area contributed by atoms with Gasteiger partial charge in [0.25, 0.3) is 25.0 Å². The van der Waals surface area contributed by atoms with E-state index in [9.17, 15) is 14.4 Å². The Morgan fingerprint density at radius 2 is 0.394 bits per heavy atom. The zero-order chi connectivity index (χ0) is 46.3. The molecule has 0 aliphatic carbocycles. The van der Waals surface area contributed by atoms with Crippen LogP contribution >= 0.6 is 0 Å². The minimum absolute atomic E-state index is 1.01. The second-order valence-corrected chi connectivity index (χ2v) is 25.3. The van der Waals surface area contributed by atoms with Crippen molar-refractivity contribution in [1.82, 2.24) is 0 Å². The van der Waals surface area contributed by atoms with E-state index in [-0.39, 0.29) is 0 Å². The molecule has 0 unspecified atom stereocenters. The molecule has 66 heavy (non-hydrogen) atoms. The van der Waals surface area contributed by atoms with Gasteiger partial charge in [-0.2, -0.15) is 0 Å². The van der Waals surface area contributed by atoms with Crippen LogP contribution < -0.4 is 46.7 Å². The predicted molar refractivity (Wildman–Crippen MR) is 283 cm³/mol. The molecule has 9 aromatic carbocycles. The number of hydrogen-bond acceptors (Lipinski definition) is 3. The van der Waals surface area contributed by atoms with E-state index in [1.165, 1.54) is 6.08 Å². The molecule has 0 fully saturated rings. The van der Waals surface area contributed by atoms with Gasteiger partial charge >= 0.3 is 48.6 Å². The van der Waals surface area contributed by atoms with Gasteiger partial charge in [0.1, 0.15) is 0 Å². The molecule has 7 heteroatoms. The summed E-state index contributed by atoms with van der Waals surface area (Å²) in [7, 11) is -8.63. The molecule has 0 aromatic heterocycles. The van der Waals surface area contributed by atoms with Gasteiger partial charge < -0.3 is 14.4 Å². The van der Waals surface area contributed by atoms with Gasteiger partial charge in [0.2, 0.25) is 0 Å². The van der Waals surface area contributed by atoms with E-state index < -0.39 is 25.0 Å². The van der Waals surface area contributed by atoms with Crippen molar-refractivity contribution in [2.75, 3.05) is 0 Å². The Morgan fingerprint density at radius 3 is 0.485 bits per heavy atom. The predicted octanol–water partition coefficient (Wildman–Crippen LogP) is 5.82. The fraction of sp³-hybridized carbons (Fsp3) is 0. The molecule has 0 aliphatic rings. The molecule has 0 amide bonds. The molecule has 0 saturated heterocycles. The summed E-state index contributed by atoms with van der Waals surface area (Å²) >= 11 is 1.88. The van der Waals surface area contributed by atoms with Crippen molar-refractivity contribution in [3.63, 3.8) is 0 Å². The van der Waals surface area contributed by atoms with E-state index >= 15 is 0 Å². The van der Waals surface area contributed by atoms with Crippen LogP contribution in [0.2, 0.25) is 0 Å². The van der Waals surface area contributed by atoms with E-state index in [2.05, 4.69) is 0 Å². The Hall–Kier alpha value is -6.45. The summed E-state index contributed by atoms with van der Waals surface area (Å²) in [6.45, 7) is 4.98. The van der Waals surface area contributed by atoms with E-state index in [1.807, 2.05) is 303 Å². The van der Waals surface area contributed by atoms with Gasteiger partial charge in [-0.15, -0.1) is 0 Å². The molecule has 3 nitrogen and oxygen atoms in total. The summed E-state index contributed by atoms with van der Waals surface area (Å²) in [5.74, 6) is 0.